The molecule has 3 aromatic carbocycles. The quantitative estimate of drug-likeness (QED) is 0.403. The standard InChI is InChI=1S/C24H24N2O5/c1-16(21-6-4-5-7-22(21)27)25-26-23(28)24(29,17-8-12-19(30-2)13-9-17)18-10-14-20(31-3)15-11-18/h4-15,27,29H,1-3H3,(H,26,28)/b25-16+. The van der Waals surface area contributed by atoms with Crippen LogP contribution >= 0.6 is 0 Å². The number of aromatic hydroxyl groups is 1. The van der Waals surface area contributed by atoms with E-state index in [9.17, 15) is 15.0 Å². The lowest BCUT2D eigenvalue weighted by Gasteiger charge is -2.27. The van der Waals surface area contributed by atoms with Crippen molar-refractivity contribution in [3.05, 3.63) is 89.5 Å². The average molecular weight is 420 g/mol. The fourth-order valence-corrected chi connectivity index (χ4v) is 3.15. The molecule has 7 heteroatoms. The van der Waals surface area contributed by atoms with Gasteiger partial charge in [0, 0.05) is 5.56 Å². The van der Waals surface area contributed by atoms with Crippen LogP contribution in [0.5, 0.6) is 17.2 Å². The third-order valence-corrected chi connectivity index (χ3v) is 4.96. The molecule has 0 unspecified atom stereocenters. The number of nitrogens with one attached hydrogen (secondary N) is 1. The molecule has 0 spiro atoms. The van der Waals surface area contributed by atoms with Crippen molar-refractivity contribution in [3.63, 3.8) is 0 Å². The van der Waals surface area contributed by atoms with Gasteiger partial charge in [0.15, 0.2) is 5.60 Å². The van der Waals surface area contributed by atoms with Crippen molar-refractivity contribution in [2.75, 3.05) is 14.2 Å². The molecule has 3 rings (SSSR count). The number of nitrogens with zero attached hydrogens (tertiary/aromatic N) is 1. The van der Waals surface area contributed by atoms with E-state index in [1.54, 1.807) is 73.7 Å². The number of aliphatic hydroxyl groups is 1. The van der Waals surface area contributed by atoms with Gasteiger partial charge in [-0.3, -0.25) is 4.79 Å². The number of carbonyl (C=O) groups is 1. The summed E-state index contributed by atoms with van der Waals surface area (Å²) in [6.45, 7) is 1.65. The van der Waals surface area contributed by atoms with Crippen molar-refractivity contribution < 1.29 is 24.5 Å². The van der Waals surface area contributed by atoms with E-state index in [1.165, 1.54) is 20.3 Å². The highest BCUT2D eigenvalue weighted by molar-refractivity contribution is 6.02. The number of hydrogen-bond acceptors (Lipinski definition) is 6. The van der Waals surface area contributed by atoms with Crippen molar-refractivity contribution in [2.24, 2.45) is 5.10 Å². The largest absolute Gasteiger partial charge is 0.507 e. The van der Waals surface area contributed by atoms with Crippen LogP contribution < -0.4 is 14.9 Å². The van der Waals surface area contributed by atoms with E-state index in [1.807, 2.05) is 0 Å². The Morgan fingerprint density at radius 2 is 1.35 bits per heavy atom. The summed E-state index contributed by atoms with van der Waals surface area (Å²) < 4.78 is 10.3. The van der Waals surface area contributed by atoms with Crippen LogP contribution in [0, 0.1) is 0 Å². The number of rotatable bonds is 7. The van der Waals surface area contributed by atoms with Crippen molar-refractivity contribution >= 4 is 11.6 Å². The number of phenols is 1. The smallest absolute Gasteiger partial charge is 0.281 e. The van der Waals surface area contributed by atoms with E-state index in [4.69, 9.17) is 9.47 Å². The predicted molar refractivity (Wildman–Crippen MR) is 117 cm³/mol. The minimum Gasteiger partial charge on any atom is -0.507 e. The van der Waals surface area contributed by atoms with E-state index < -0.39 is 11.5 Å². The minimum atomic E-state index is -2.03. The van der Waals surface area contributed by atoms with Crippen molar-refractivity contribution in [1.82, 2.24) is 5.43 Å². The Morgan fingerprint density at radius 3 is 1.81 bits per heavy atom. The van der Waals surface area contributed by atoms with E-state index >= 15 is 0 Å². The molecule has 0 atom stereocenters. The molecule has 0 radical (unpaired) electrons. The summed E-state index contributed by atoms with van der Waals surface area (Å²) in [6.07, 6.45) is 0. The average Bonchev–Trinajstić information content (AvgIpc) is 2.82. The molecule has 0 saturated heterocycles. The molecule has 31 heavy (non-hydrogen) atoms. The van der Waals surface area contributed by atoms with Gasteiger partial charge in [-0.1, -0.05) is 36.4 Å². The second kappa shape index (κ2) is 9.32. The number of phenolic OH excluding ortho intramolecular Hbond substituents is 1. The Hall–Kier alpha value is -3.84. The fourth-order valence-electron chi connectivity index (χ4n) is 3.15. The second-order valence-electron chi connectivity index (χ2n) is 6.82. The van der Waals surface area contributed by atoms with Crippen LogP contribution in [0.2, 0.25) is 0 Å². The Labute approximate surface area is 180 Å². The highest BCUT2D eigenvalue weighted by Gasteiger charge is 2.40. The number of ether oxygens (including phenoxy) is 2. The summed E-state index contributed by atoms with van der Waals surface area (Å²) in [5.74, 6) is 0.473. The topological polar surface area (TPSA) is 100 Å². The van der Waals surface area contributed by atoms with Gasteiger partial charge in [-0.2, -0.15) is 5.10 Å². The number of para-hydroxylation sites is 1. The first-order valence-electron chi connectivity index (χ1n) is 9.54. The Kier molecular flexibility index (Phi) is 6.57. The molecule has 0 saturated carbocycles. The summed E-state index contributed by atoms with van der Waals surface area (Å²) in [7, 11) is 3.07. The van der Waals surface area contributed by atoms with Gasteiger partial charge in [0.2, 0.25) is 0 Å². The molecule has 0 heterocycles. The Morgan fingerprint density at radius 1 is 0.871 bits per heavy atom. The molecule has 0 fully saturated rings. The number of benzene rings is 3. The zero-order valence-electron chi connectivity index (χ0n) is 17.5. The zero-order valence-corrected chi connectivity index (χ0v) is 17.5. The summed E-state index contributed by atoms with van der Waals surface area (Å²) in [5.41, 5.74) is 1.94. The molecular weight excluding hydrogens is 396 g/mol. The van der Waals surface area contributed by atoms with Crippen molar-refractivity contribution in [1.29, 1.82) is 0 Å². The number of amides is 1. The molecule has 160 valence electrons. The lowest BCUT2D eigenvalue weighted by molar-refractivity contribution is -0.136. The number of methoxy groups -OCH3 is 2. The van der Waals surface area contributed by atoms with Crippen LogP contribution in [0.25, 0.3) is 0 Å². The summed E-state index contributed by atoms with van der Waals surface area (Å²) in [4.78, 5) is 13.2. The van der Waals surface area contributed by atoms with Crippen LogP contribution in [-0.4, -0.2) is 36.1 Å². The SMILES string of the molecule is COc1ccc(C(O)(C(=O)N/N=C(\C)c2ccccc2O)c2ccc(OC)cc2)cc1. The van der Waals surface area contributed by atoms with Gasteiger partial charge >= 0.3 is 0 Å². The molecule has 0 aromatic heterocycles. The fraction of sp³-hybridized carbons (Fsp3) is 0.167. The van der Waals surface area contributed by atoms with Gasteiger partial charge in [0.25, 0.3) is 5.91 Å². The van der Waals surface area contributed by atoms with Gasteiger partial charge in [-0.05, 0) is 54.4 Å². The lowest BCUT2D eigenvalue weighted by atomic mass is 9.85. The van der Waals surface area contributed by atoms with E-state index in [0.29, 0.717) is 33.9 Å². The molecule has 0 aliphatic rings. The predicted octanol–water partition coefficient (Wildman–Crippen LogP) is 3.19. The highest BCUT2D eigenvalue weighted by atomic mass is 16.5. The number of carbonyl (C=O) groups excluding carboxylic acids is 1. The van der Waals surface area contributed by atoms with E-state index in [2.05, 4.69) is 10.5 Å². The zero-order chi connectivity index (χ0) is 22.4. The van der Waals surface area contributed by atoms with Gasteiger partial charge in [-0.15, -0.1) is 0 Å². The maximum absolute atomic E-state index is 13.2. The van der Waals surface area contributed by atoms with E-state index in [0.717, 1.165) is 0 Å². The van der Waals surface area contributed by atoms with Crippen LogP contribution in [0.4, 0.5) is 0 Å². The Balaban J connectivity index is 1.99. The summed E-state index contributed by atoms with van der Waals surface area (Å²) >= 11 is 0. The minimum absolute atomic E-state index is 0.0403. The van der Waals surface area contributed by atoms with Crippen LogP contribution in [-0.2, 0) is 10.4 Å². The van der Waals surface area contributed by atoms with Gasteiger partial charge in [-0.25, -0.2) is 5.43 Å². The molecule has 3 aromatic rings. The second-order valence-corrected chi connectivity index (χ2v) is 6.82. The van der Waals surface area contributed by atoms with Crippen LogP contribution in [0.15, 0.2) is 77.9 Å². The molecule has 0 aliphatic carbocycles. The van der Waals surface area contributed by atoms with Crippen molar-refractivity contribution in [3.8, 4) is 17.2 Å². The van der Waals surface area contributed by atoms with Crippen molar-refractivity contribution in [2.45, 2.75) is 12.5 Å². The molecule has 1 amide bonds. The molecular formula is C24H24N2O5. The number of hydrazone groups is 1. The van der Waals surface area contributed by atoms with Gasteiger partial charge in [0.1, 0.15) is 17.2 Å². The van der Waals surface area contributed by atoms with Gasteiger partial charge < -0.3 is 19.7 Å². The number of hydrogen-bond donors (Lipinski definition) is 3. The molecule has 0 aliphatic heterocycles. The Bertz CT molecular complexity index is 1030. The summed E-state index contributed by atoms with van der Waals surface area (Å²) in [6, 6.07) is 19.7. The summed E-state index contributed by atoms with van der Waals surface area (Å²) in [5, 5.41) is 25.7. The maximum atomic E-state index is 13.2. The monoisotopic (exact) mass is 420 g/mol. The van der Waals surface area contributed by atoms with Gasteiger partial charge in [0.05, 0.1) is 19.9 Å². The first kappa shape index (κ1) is 21.9. The molecule has 0 bridgehead atoms. The maximum Gasteiger partial charge on any atom is 0.281 e. The normalized spacial score (nSPS) is 11.7. The van der Waals surface area contributed by atoms with Crippen LogP contribution in [0.1, 0.15) is 23.6 Å². The third-order valence-electron chi connectivity index (χ3n) is 4.96. The van der Waals surface area contributed by atoms with Crippen LogP contribution in [0.3, 0.4) is 0 Å². The third kappa shape index (κ3) is 4.51. The first-order valence-corrected chi connectivity index (χ1v) is 9.54. The highest BCUT2D eigenvalue weighted by Crippen LogP contribution is 2.32. The van der Waals surface area contributed by atoms with E-state index in [-0.39, 0.29) is 5.75 Å². The lowest BCUT2D eigenvalue weighted by Crippen LogP contribution is -2.43. The molecule has 3 N–H and O–H groups in total. The first-order chi connectivity index (χ1) is 14.9. The molecule has 7 nitrogen and oxygen atoms in total.